The molecule has 0 bridgehead atoms. The summed E-state index contributed by atoms with van der Waals surface area (Å²) in [5.41, 5.74) is 9.66. The topological polar surface area (TPSA) is 48.1 Å². The van der Waals surface area contributed by atoms with Crippen molar-refractivity contribution in [2.75, 3.05) is 5.73 Å². The average molecular weight is 263 g/mol. The SMILES string of the molecule is Cc1cc(C)c(C)c(Oc2nc(Cl)ccc2N)c1. The molecule has 0 spiro atoms. The van der Waals surface area contributed by atoms with Crippen LogP contribution in [-0.4, -0.2) is 4.98 Å². The van der Waals surface area contributed by atoms with Crippen LogP contribution in [0.25, 0.3) is 0 Å². The van der Waals surface area contributed by atoms with Gasteiger partial charge in [-0.15, -0.1) is 0 Å². The number of ether oxygens (including phenoxy) is 1. The predicted octanol–water partition coefficient (Wildman–Crippen LogP) is 4.03. The second kappa shape index (κ2) is 4.86. The molecule has 0 aliphatic carbocycles. The van der Waals surface area contributed by atoms with Crippen molar-refractivity contribution in [1.29, 1.82) is 0 Å². The summed E-state index contributed by atoms with van der Waals surface area (Å²) < 4.78 is 5.76. The molecule has 1 aromatic carbocycles. The van der Waals surface area contributed by atoms with Crippen molar-refractivity contribution >= 4 is 17.3 Å². The van der Waals surface area contributed by atoms with Crippen molar-refractivity contribution in [1.82, 2.24) is 4.98 Å². The number of aryl methyl sites for hydroxylation is 2. The highest BCUT2D eigenvalue weighted by Gasteiger charge is 2.09. The van der Waals surface area contributed by atoms with Gasteiger partial charge < -0.3 is 10.5 Å². The third kappa shape index (κ3) is 2.57. The maximum atomic E-state index is 5.84. The van der Waals surface area contributed by atoms with Gasteiger partial charge in [0, 0.05) is 0 Å². The number of benzene rings is 1. The van der Waals surface area contributed by atoms with Gasteiger partial charge in [0.1, 0.15) is 10.9 Å². The lowest BCUT2D eigenvalue weighted by Gasteiger charge is -2.12. The monoisotopic (exact) mass is 262 g/mol. The molecule has 0 aliphatic rings. The van der Waals surface area contributed by atoms with Crippen LogP contribution < -0.4 is 10.5 Å². The molecule has 1 aromatic heterocycles. The highest BCUT2D eigenvalue weighted by atomic mass is 35.5. The van der Waals surface area contributed by atoms with Crippen molar-refractivity contribution in [2.24, 2.45) is 0 Å². The molecule has 0 amide bonds. The Labute approximate surface area is 112 Å². The summed E-state index contributed by atoms with van der Waals surface area (Å²) in [6.45, 7) is 6.07. The molecule has 2 aromatic rings. The standard InChI is InChI=1S/C14H15ClN2O/c1-8-6-9(2)10(3)12(7-8)18-14-11(16)4-5-13(15)17-14/h4-7H,16H2,1-3H3. The molecule has 0 saturated carbocycles. The molecular formula is C14H15ClN2O. The lowest BCUT2D eigenvalue weighted by atomic mass is 10.1. The number of nitrogens with zero attached hydrogens (tertiary/aromatic N) is 1. The molecule has 0 fully saturated rings. The normalized spacial score (nSPS) is 10.4. The van der Waals surface area contributed by atoms with Gasteiger partial charge in [-0.2, -0.15) is 4.98 Å². The minimum absolute atomic E-state index is 0.343. The predicted molar refractivity (Wildman–Crippen MR) is 74.4 cm³/mol. The minimum Gasteiger partial charge on any atom is -0.437 e. The van der Waals surface area contributed by atoms with Crippen molar-refractivity contribution < 1.29 is 4.74 Å². The quantitative estimate of drug-likeness (QED) is 0.831. The van der Waals surface area contributed by atoms with Crippen LogP contribution in [0.5, 0.6) is 11.6 Å². The van der Waals surface area contributed by atoms with Crippen LogP contribution in [0, 0.1) is 20.8 Å². The van der Waals surface area contributed by atoms with Gasteiger partial charge in [-0.3, -0.25) is 0 Å². The third-order valence-electron chi connectivity index (χ3n) is 2.83. The van der Waals surface area contributed by atoms with Gasteiger partial charge in [-0.1, -0.05) is 17.7 Å². The van der Waals surface area contributed by atoms with Crippen LogP contribution in [-0.2, 0) is 0 Å². The fraction of sp³-hybridized carbons (Fsp3) is 0.214. The van der Waals surface area contributed by atoms with Crippen LogP contribution in [0.4, 0.5) is 5.69 Å². The Morgan fingerprint density at radius 1 is 1.17 bits per heavy atom. The zero-order valence-corrected chi connectivity index (χ0v) is 11.4. The van der Waals surface area contributed by atoms with E-state index in [9.17, 15) is 0 Å². The first kappa shape index (κ1) is 12.7. The highest BCUT2D eigenvalue weighted by molar-refractivity contribution is 6.29. The van der Waals surface area contributed by atoms with Gasteiger partial charge >= 0.3 is 0 Å². The van der Waals surface area contributed by atoms with E-state index in [1.54, 1.807) is 12.1 Å². The van der Waals surface area contributed by atoms with Gasteiger partial charge in [-0.05, 0) is 55.7 Å². The second-order valence-electron chi connectivity index (χ2n) is 4.34. The molecule has 18 heavy (non-hydrogen) atoms. The number of nitrogens with two attached hydrogens (primary N) is 1. The Bertz CT molecular complexity index is 597. The van der Waals surface area contributed by atoms with E-state index in [-0.39, 0.29) is 0 Å². The van der Waals surface area contributed by atoms with Crippen LogP contribution >= 0.6 is 11.6 Å². The van der Waals surface area contributed by atoms with E-state index < -0.39 is 0 Å². The molecule has 2 N–H and O–H groups in total. The number of hydrogen-bond donors (Lipinski definition) is 1. The largest absolute Gasteiger partial charge is 0.437 e. The molecular weight excluding hydrogens is 248 g/mol. The number of halogens is 1. The summed E-state index contributed by atoms with van der Waals surface area (Å²) >= 11 is 5.84. The first-order valence-electron chi connectivity index (χ1n) is 5.65. The Morgan fingerprint density at radius 2 is 1.89 bits per heavy atom. The number of anilines is 1. The van der Waals surface area contributed by atoms with Crippen molar-refractivity contribution in [2.45, 2.75) is 20.8 Å². The van der Waals surface area contributed by atoms with Gasteiger partial charge in [0.15, 0.2) is 0 Å². The minimum atomic E-state index is 0.343. The first-order chi connectivity index (χ1) is 8.47. The smallest absolute Gasteiger partial charge is 0.244 e. The van der Waals surface area contributed by atoms with Crippen LogP contribution in [0.2, 0.25) is 5.15 Å². The van der Waals surface area contributed by atoms with Gasteiger partial charge in [-0.25, -0.2) is 0 Å². The lowest BCUT2D eigenvalue weighted by Crippen LogP contribution is -1.97. The maximum absolute atomic E-state index is 5.84. The number of aromatic nitrogens is 1. The van der Waals surface area contributed by atoms with Gasteiger partial charge in [0.2, 0.25) is 5.88 Å². The Hall–Kier alpha value is -1.74. The van der Waals surface area contributed by atoms with Crippen LogP contribution in [0.3, 0.4) is 0 Å². The first-order valence-corrected chi connectivity index (χ1v) is 6.03. The second-order valence-corrected chi connectivity index (χ2v) is 4.72. The molecule has 4 heteroatoms. The molecule has 0 saturated heterocycles. The van der Waals surface area contributed by atoms with E-state index in [1.807, 2.05) is 26.8 Å². The Kier molecular flexibility index (Phi) is 3.43. The van der Waals surface area contributed by atoms with E-state index in [0.29, 0.717) is 16.7 Å². The fourth-order valence-electron chi connectivity index (χ4n) is 1.72. The van der Waals surface area contributed by atoms with E-state index in [0.717, 1.165) is 16.9 Å². The molecule has 0 aliphatic heterocycles. The van der Waals surface area contributed by atoms with Gasteiger partial charge in [0.25, 0.3) is 0 Å². The Morgan fingerprint density at radius 3 is 2.61 bits per heavy atom. The summed E-state index contributed by atoms with van der Waals surface area (Å²) in [4.78, 5) is 4.09. The van der Waals surface area contributed by atoms with E-state index in [2.05, 4.69) is 11.1 Å². The molecule has 2 rings (SSSR count). The lowest BCUT2D eigenvalue weighted by molar-refractivity contribution is 0.461. The van der Waals surface area contributed by atoms with Crippen LogP contribution in [0.1, 0.15) is 16.7 Å². The molecule has 0 radical (unpaired) electrons. The highest BCUT2D eigenvalue weighted by Crippen LogP contribution is 2.31. The van der Waals surface area contributed by atoms with Crippen LogP contribution in [0.15, 0.2) is 24.3 Å². The number of nitrogen functional groups attached to an aromatic ring is 1. The van der Waals surface area contributed by atoms with E-state index in [1.165, 1.54) is 5.56 Å². The summed E-state index contributed by atoms with van der Waals surface area (Å²) in [5, 5.41) is 0.362. The molecule has 94 valence electrons. The summed E-state index contributed by atoms with van der Waals surface area (Å²) in [5.74, 6) is 1.10. The maximum Gasteiger partial charge on any atom is 0.244 e. The molecule has 3 nitrogen and oxygen atoms in total. The zero-order chi connectivity index (χ0) is 13.3. The number of hydrogen-bond acceptors (Lipinski definition) is 3. The van der Waals surface area contributed by atoms with E-state index in [4.69, 9.17) is 22.1 Å². The average Bonchev–Trinajstić information content (AvgIpc) is 2.30. The molecule has 0 unspecified atom stereocenters. The van der Waals surface area contributed by atoms with Crippen molar-refractivity contribution in [3.8, 4) is 11.6 Å². The fourth-order valence-corrected chi connectivity index (χ4v) is 1.86. The Balaban J connectivity index is 2.43. The van der Waals surface area contributed by atoms with Crippen molar-refractivity contribution in [3.63, 3.8) is 0 Å². The molecule has 0 atom stereocenters. The molecule has 1 heterocycles. The zero-order valence-electron chi connectivity index (χ0n) is 10.6. The third-order valence-corrected chi connectivity index (χ3v) is 3.04. The summed E-state index contributed by atoms with van der Waals surface area (Å²) in [6, 6.07) is 7.39. The summed E-state index contributed by atoms with van der Waals surface area (Å²) in [6.07, 6.45) is 0. The van der Waals surface area contributed by atoms with Gasteiger partial charge in [0.05, 0.1) is 5.69 Å². The van der Waals surface area contributed by atoms with E-state index >= 15 is 0 Å². The number of rotatable bonds is 2. The summed E-state index contributed by atoms with van der Waals surface area (Å²) in [7, 11) is 0. The van der Waals surface area contributed by atoms with Crippen molar-refractivity contribution in [3.05, 3.63) is 46.1 Å². The number of pyridine rings is 1.